The predicted molar refractivity (Wildman–Crippen MR) is 87.9 cm³/mol. The van der Waals surface area contributed by atoms with Gasteiger partial charge in [0.05, 0.1) is 10.0 Å². The number of hydrogen-bond acceptors (Lipinski definition) is 4. The first kappa shape index (κ1) is 19.0. The van der Waals surface area contributed by atoms with E-state index in [9.17, 15) is 14.4 Å². The molecule has 0 heterocycles. The van der Waals surface area contributed by atoms with Crippen LogP contribution in [0, 0.1) is 5.92 Å². The fraction of sp³-hybridized carbons (Fsp3) is 0.267. The van der Waals surface area contributed by atoms with Crippen LogP contribution >= 0.6 is 23.2 Å². The first-order valence-electron chi connectivity index (χ1n) is 6.64. The zero-order valence-electron chi connectivity index (χ0n) is 12.5. The number of rotatable bonds is 5. The van der Waals surface area contributed by atoms with E-state index in [0.29, 0.717) is 15.6 Å². The Morgan fingerprint density at radius 1 is 1.22 bits per heavy atom. The second-order valence-electron chi connectivity index (χ2n) is 4.96. The molecule has 0 saturated carbocycles. The molecular formula is C15H16Cl2N2O4. The first-order valence-corrected chi connectivity index (χ1v) is 7.40. The number of carbonyl (C=O) groups excluding carboxylic acids is 3. The van der Waals surface area contributed by atoms with Crippen LogP contribution in [0.3, 0.4) is 0 Å². The lowest BCUT2D eigenvalue weighted by molar-refractivity contribution is -0.153. The lowest BCUT2D eigenvalue weighted by atomic mass is 10.1. The molecule has 0 aliphatic rings. The van der Waals surface area contributed by atoms with Crippen molar-refractivity contribution in [2.45, 2.75) is 20.0 Å². The lowest BCUT2D eigenvalue weighted by Crippen LogP contribution is -2.45. The van der Waals surface area contributed by atoms with Crippen molar-refractivity contribution in [2.24, 2.45) is 11.7 Å². The fourth-order valence-electron chi connectivity index (χ4n) is 1.63. The molecule has 0 aliphatic carbocycles. The highest BCUT2D eigenvalue weighted by molar-refractivity contribution is 6.42. The number of nitrogens with one attached hydrogen (secondary N) is 1. The summed E-state index contributed by atoms with van der Waals surface area (Å²) in [5, 5.41) is 2.63. The van der Waals surface area contributed by atoms with Gasteiger partial charge in [0.15, 0.2) is 6.10 Å². The van der Waals surface area contributed by atoms with Crippen molar-refractivity contribution < 1.29 is 19.1 Å². The van der Waals surface area contributed by atoms with Crippen molar-refractivity contribution in [2.75, 3.05) is 0 Å². The van der Waals surface area contributed by atoms with E-state index in [-0.39, 0.29) is 5.92 Å². The molecule has 23 heavy (non-hydrogen) atoms. The van der Waals surface area contributed by atoms with E-state index < -0.39 is 24.0 Å². The maximum Gasteiger partial charge on any atom is 0.331 e. The zero-order chi connectivity index (χ0) is 17.6. The molecular weight excluding hydrogens is 343 g/mol. The molecule has 1 aromatic carbocycles. The van der Waals surface area contributed by atoms with Crippen LogP contribution in [0.15, 0.2) is 24.3 Å². The van der Waals surface area contributed by atoms with Gasteiger partial charge in [0.2, 0.25) is 0 Å². The van der Waals surface area contributed by atoms with Crippen LogP contribution < -0.4 is 11.1 Å². The summed E-state index contributed by atoms with van der Waals surface area (Å²) in [6, 6.07) is 3.82. The molecule has 1 rings (SSSR count). The maximum atomic E-state index is 11.8. The Kier molecular flexibility index (Phi) is 7.06. The van der Waals surface area contributed by atoms with Crippen molar-refractivity contribution >= 4 is 47.2 Å². The van der Waals surface area contributed by atoms with E-state index in [1.54, 1.807) is 32.0 Å². The molecule has 6 nitrogen and oxygen atoms in total. The molecule has 0 bridgehead atoms. The Bertz CT molecular complexity index is 644. The third-order valence-electron chi connectivity index (χ3n) is 2.71. The first-order chi connectivity index (χ1) is 10.7. The number of nitrogens with two attached hydrogens (primary N) is 1. The number of amides is 3. The zero-order valence-corrected chi connectivity index (χ0v) is 14.0. The summed E-state index contributed by atoms with van der Waals surface area (Å²) in [6.07, 6.45) is 1.48. The van der Waals surface area contributed by atoms with Crippen LogP contribution in [0.2, 0.25) is 10.0 Å². The second kappa shape index (κ2) is 8.55. The van der Waals surface area contributed by atoms with Crippen molar-refractivity contribution in [1.29, 1.82) is 0 Å². The topological polar surface area (TPSA) is 98.5 Å². The minimum atomic E-state index is -1.13. The number of carbonyl (C=O) groups is 3. The molecule has 124 valence electrons. The minimum Gasteiger partial charge on any atom is -0.449 e. The average molecular weight is 359 g/mol. The van der Waals surface area contributed by atoms with Crippen LogP contribution in [0.25, 0.3) is 6.08 Å². The highest BCUT2D eigenvalue weighted by Crippen LogP contribution is 2.23. The van der Waals surface area contributed by atoms with E-state index >= 15 is 0 Å². The normalized spacial score (nSPS) is 12.2. The maximum absolute atomic E-state index is 11.8. The van der Waals surface area contributed by atoms with Gasteiger partial charge in [0.25, 0.3) is 5.91 Å². The monoisotopic (exact) mass is 358 g/mol. The summed E-state index contributed by atoms with van der Waals surface area (Å²) in [7, 11) is 0. The van der Waals surface area contributed by atoms with Gasteiger partial charge in [-0.1, -0.05) is 43.1 Å². The summed E-state index contributed by atoms with van der Waals surface area (Å²) in [5.41, 5.74) is 5.51. The molecule has 1 atom stereocenters. The Hall–Kier alpha value is -2.05. The van der Waals surface area contributed by atoms with Gasteiger partial charge in [-0.15, -0.1) is 0 Å². The highest BCUT2D eigenvalue weighted by Gasteiger charge is 2.26. The molecule has 3 amide bonds. The summed E-state index contributed by atoms with van der Waals surface area (Å²) < 4.78 is 5.05. The smallest absolute Gasteiger partial charge is 0.331 e. The lowest BCUT2D eigenvalue weighted by Gasteiger charge is -2.18. The molecule has 3 N–H and O–H groups in total. The third-order valence-corrected chi connectivity index (χ3v) is 3.45. The van der Waals surface area contributed by atoms with Crippen LogP contribution in [0.1, 0.15) is 19.4 Å². The molecule has 8 heteroatoms. The van der Waals surface area contributed by atoms with E-state index in [0.717, 1.165) is 6.08 Å². The number of benzene rings is 1. The Labute approximate surface area is 143 Å². The molecule has 1 aromatic rings. The van der Waals surface area contributed by atoms with Crippen molar-refractivity contribution in [1.82, 2.24) is 5.32 Å². The number of urea groups is 1. The Balaban J connectivity index is 2.75. The number of hydrogen-bond donors (Lipinski definition) is 2. The van der Waals surface area contributed by atoms with Gasteiger partial charge < -0.3 is 10.5 Å². The van der Waals surface area contributed by atoms with Crippen LogP contribution in [0.4, 0.5) is 4.79 Å². The van der Waals surface area contributed by atoms with Crippen LogP contribution in [0.5, 0.6) is 0 Å². The van der Waals surface area contributed by atoms with Crippen molar-refractivity contribution in [3.05, 3.63) is 39.9 Å². The summed E-state index contributed by atoms with van der Waals surface area (Å²) >= 11 is 11.7. The molecule has 0 aliphatic heterocycles. The fourth-order valence-corrected chi connectivity index (χ4v) is 1.94. The molecule has 0 fully saturated rings. The number of halogens is 2. The van der Waals surface area contributed by atoms with E-state index in [1.165, 1.54) is 6.08 Å². The van der Waals surface area contributed by atoms with Crippen molar-refractivity contribution in [3.63, 3.8) is 0 Å². The van der Waals surface area contributed by atoms with Crippen LogP contribution in [-0.2, 0) is 14.3 Å². The van der Waals surface area contributed by atoms with E-state index in [2.05, 4.69) is 0 Å². The van der Waals surface area contributed by atoms with Gasteiger partial charge in [0, 0.05) is 6.08 Å². The van der Waals surface area contributed by atoms with Gasteiger partial charge in [-0.05, 0) is 29.7 Å². The molecule has 0 spiro atoms. The minimum absolute atomic E-state index is 0.336. The summed E-state index contributed by atoms with van der Waals surface area (Å²) in [4.78, 5) is 34.3. The quantitative estimate of drug-likeness (QED) is 0.624. The van der Waals surface area contributed by atoms with Gasteiger partial charge in [-0.3, -0.25) is 10.1 Å². The summed E-state index contributed by atoms with van der Waals surface area (Å²) in [5.74, 6) is -1.85. The third kappa shape index (κ3) is 6.30. The van der Waals surface area contributed by atoms with Gasteiger partial charge in [0.1, 0.15) is 0 Å². The Morgan fingerprint density at radius 2 is 1.87 bits per heavy atom. The molecule has 0 aromatic heterocycles. The SMILES string of the molecule is CC(C)[C@@H](OC(=O)/C=C/c1ccc(Cl)c(Cl)c1)C(=O)NC(N)=O. The molecule has 0 saturated heterocycles. The standard InChI is InChI=1S/C15H16Cl2N2O4/c1-8(2)13(14(21)19-15(18)22)23-12(20)6-4-9-3-5-10(16)11(17)7-9/h3-8,13H,1-2H3,(H3,18,19,21,22)/b6-4+/t13-/m1/s1. The van der Waals surface area contributed by atoms with E-state index in [4.69, 9.17) is 33.7 Å². The molecule has 0 radical (unpaired) electrons. The number of esters is 1. The van der Waals surface area contributed by atoms with Gasteiger partial charge in [-0.25, -0.2) is 9.59 Å². The van der Waals surface area contributed by atoms with Crippen molar-refractivity contribution in [3.8, 4) is 0 Å². The predicted octanol–water partition coefficient (Wildman–Crippen LogP) is 2.77. The Morgan fingerprint density at radius 3 is 2.39 bits per heavy atom. The number of ether oxygens (including phenoxy) is 1. The second-order valence-corrected chi connectivity index (χ2v) is 5.78. The summed E-state index contributed by atoms with van der Waals surface area (Å²) in [6.45, 7) is 3.34. The van der Waals surface area contributed by atoms with Gasteiger partial charge in [-0.2, -0.15) is 0 Å². The number of imide groups is 1. The van der Waals surface area contributed by atoms with Gasteiger partial charge >= 0.3 is 12.0 Å². The largest absolute Gasteiger partial charge is 0.449 e. The van der Waals surface area contributed by atoms with E-state index in [1.807, 2.05) is 5.32 Å². The average Bonchev–Trinajstić information content (AvgIpc) is 2.44. The highest BCUT2D eigenvalue weighted by atomic mass is 35.5. The number of primary amides is 1. The molecule has 0 unspecified atom stereocenters. The van der Waals surface area contributed by atoms with Crippen LogP contribution in [-0.4, -0.2) is 24.0 Å².